The quantitative estimate of drug-likeness (QED) is 0.489. The number of nitrogens with zero attached hydrogens (tertiary/aromatic N) is 1. The average Bonchev–Trinajstić information content (AvgIpc) is 2.20. The van der Waals surface area contributed by atoms with Gasteiger partial charge in [0, 0.05) is 11.9 Å². The Balaban J connectivity index is 2.92. The summed E-state index contributed by atoms with van der Waals surface area (Å²) in [6.07, 6.45) is 4.26. The number of allylic oxidation sites excluding steroid dienone is 1. The van der Waals surface area contributed by atoms with Gasteiger partial charge in [-0.25, -0.2) is 0 Å². The molecule has 15 heavy (non-hydrogen) atoms. The second-order valence-electron chi connectivity index (χ2n) is 2.89. The molecule has 0 atom stereocenters. The van der Waals surface area contributed by atoms with Crippen LogP contribution in [0.4, 0.5) is 5.69 Å². The van der Waals surface area contributed by atoms with Crippen molar-refractivity contribution in [1.29, 1.82) is 0 Å². The van der Waals surface area contributed by atoms with Crippen molar-refractivity contribution in [3.05, 3.63) is 40.0 Å². The van der Waals surface area contributed by atoms with E-state index >= 15 is 0 Å². The van der Waals surface area contributed by atoms with Gasteiger partial charge in [0.15, 0.2) is 5.75 Å². The van der Waals surface area contributed by atoms with Crippen LogP contribution in [0.5, 0.6) is 5.75 Å². The van der Waals surface area contributed by atoms with Gasteiger partial charge in [-0.1, -0.05) is 18.2 Å². The first-order valence-corrected chi connectivity index (χ1v) is 4.88. The molecule has 0 fully saturated rings. The molecule has 0 amide bonds. The van der Waals surface area contributed by atoms with Crippen LogP contribution < -0.4 is 0 Å². The van der Waals surface area contributed by atoms with E-state index in [1.54, 1.807) is 12.1 Å². The van der Waals surface area contributed by atoms with Crippen molar-refractivity contribution in [1.82, 2.24) is 0 Å². The predicted molar refractivity (Wildman–Crippen MR) is 59.1 cm³/mol. The summed E-state index contributed by atoms with van der Waals surface area (Å²) in [4.78, 5) is 9.89. The van der Waals surface area contributed by atoms with Crippen LogP contribution in [0.3, 0.4) is 0 Å². The van der Waals surface area contributed by atoms with Crippen LogP contribution in [0, 0.1) is 10.1 Å². The van der Waals surface area contributed by atoms with Gasteiger partial charge in [0.2, 0.25) is 0 Å². The summed E-state index contributed by atoms with van der Waals surface area (Å²) in [5, 5.41) is 19.7. The summed E-state index contributed by atoms with van der Waals surface area (Å²) in [7, 11) is 0. The van der Waals surface area contributed by atoms with E-state index in [0.717, 1.165) is 0 Å². The lowest BCUT2D eigenvalue weighted by Crippen LogP contribution is -1.88. The molecule has 0 aliphatic heterocycles. The SMILES string of the molecule is O=[N+]([O-])c1cc(C=CCCCl)ccc1O. The molecule has 0 bridgehead atoms. The Morgan fingerprint density at radius 3 is 2.87 bits per heavy atom. The molecule has 0 aliphatic rings. The van der Waals surface area contributed by atoms with Crippen molar-refractivity contribution in [2.24, 2.45) is 0 Å². The number of halogens is 1. The molecule has 0 unspecified atom stereocenters. The third-order valence-corrected chi connectivity index (χ3v) is 2.00. The molecule has 0 heterocycles. The summed E-state index contributed by atoms with van der Waals surface area (Å²) in [6.45, 7) is 0. The lowest BCUT2D eigenvalue weighted by molar-refractivity contribution is -0.385. The highest BCUT2D eigenvalue weighted by atomic mass is 35.5. The van der Waals surface area contributed by atoms with Gasteiger partial charge < -0.3 is 5.11 Å². The first-order valence-electron chi connectivity index (χ1n) is 4.35. The van der Waals surface area contributed by atoms with Crippen molar-refractivity contribution < 1.29 is 10.0 Å². The van der Waals surface area contributed by atoms with Crippen LogP contribution in [0.25, 0.3) is 6.08 Å². The fourth-order valence-corrected chi connectivity index (χ4v) is 1.20. The number of hydrogen-bond donors (Lipinski definition) is 1. The normalized spacial score (nSPS) is 10.7. The largest absolute Gasteiger partial charge is 0.502 e. The number of phenolic OH excluding ortho intramolecular Hbond substituents is 1. The van der Waals surface area contributed by atoms with Gasteiger partial charge in [-0.15, -0.1) is 11.6 Å². The summed E-state index contributed by atoms with van der Waals surface area (Å²) < 4.78 is 0. The van der Waals surface area contributed by atoms with Crippen LogP contribution in [-0.4, -0.2) is 15.9 Å². The number of hydrogen-bond acceptors (Lipinski definition) is 3. The van der Waals surface area contributed by atoms with Gasteiger partial charge >= 0.3 is 5.69 Å². The van der Waals surface area contributed by atoms with E-state index in [9.17, 15) is 15.2 Å². The fourth-order valence-electron chi connectivity index (χ4n) is 1.07. The number of aromatic hydroxyl groups is 1. The molecule has 1 aromatic carbocycles. The molecular formula is C10H10ClNO3. The number of phenols is 1. The minimum Gasteiger partial charge on any atom is -0.502 e. The number of nitro groups is 1. The van der Waals surface area contributed by atoms with E-state index in [2.05, 4.69) is 0 Å². The molecule has 1 aromatic rings. The Labute approximate surface area is 92.0 Å². The van der Waals surface area contributed by atoms with Crippen LogP contribution in [0.1, 0.15) is 12.0 Å². The third-order valence-electron chi connectivity index (χ3n) is 1.78. The predicted octanol–water partition coefficient (Wildman–Crippen LogP) is 2.94. The summed E-state index contributed by atoms with van der Waals surface area (Å²) in [5.41, 5.74) is 0.382. The molecule has 5 heteroatoms. The Morgan fingerprint density at radius 2 is 2.27 bits per heavy atom. The molecule has 0 aliphatic carbocycles. The Hall–Kier alpha value is -1.55. The van der Waals surface area contributed by atoms with E-state index in [1.165, 1.54) is 12.1 Å². The number of nitro benzene ring substituents is 1. The van der Waals surface area contributed by atoms with E-state index in [0.29, 0.717) is 17.9 Å². The second-order valence-corrected chi connectivity index (χ2v) is 3.26. The summed E-state index contributed by atoms with van der Waals surface area (Å²) in [5.74, 6) is 0.186. The number of rotatable bonds is 4. The van der Waals surface area contributed by atoms with Crippen LogP contribution in [0.2, 0.25) is 0 Å². The zero-order valence-corrected chi connectivity index (χ0v) is 8.65. The lowest BCUT2D eigenvalue weighted by Gasteiger charge is -1.97. The highest BCUT2D eigenvalue weighted by Crippen LogP contribution is 2.26. The number of benzene rings is 1. The monoisotopic (exact) mass is 227 g/mol. The van der Waals surface area contributed by atoms with E-state index in [-0.39, 0.29) is 11.4 Å². The smallest absolute Gasteiger partial charge is 0.311 e. The van der Waals surface area contributed by atoms with Crippen molar-refractivity contribution in [3.8, 4) is 5.75 Å². The first-order chi connectivity index (χ1) is 7.15. The molecule has 0 aromatic heterocycles. The van der Waals surface area contributed by atoms with Gasteiger partial charge in [0.25, 0.3) is 0 Å². The molecular weight excluding hydrogens is 218 g/mol. The van der Waals surface area contributed by atoms with E-state index in [4.69, 9.17) is 11.6 Å². The Kier molecular flexibility index (Phi) is 4.12. The third kappa shape index (κ3) is 3.25. The van der Waals surface area contributed by atoms with Crippen molar-refractivity contribution in [2.45, 2.75) is 6.42 Å². The van der Waals surface area contributed by atoms with Gasteiger partial charge in [0.1, 0.15) is 0 Å². The lowest BCUT2D eigenvalue weighted by atomic mass is 10.1. The molecule has 80 valence electrons. The minimum absolute atomic E-state index is 0.289. The van der Waals surface area contributed by atoms with Gasteiger partial charge in [0.05, 0.1) is 4.92 Å². The highest BCUT2D eigenvalue weighted by Gasteiger charge is 2.12. The van der Waals surface area contributed by atoms with E-state index in [1.807, 2.05) is 6.08 Å². The average molecular weight is 228 g/mol. The Bertz CT molecular complexity index is 390. The van der Waals surface area contributed by atoms with E-state index < -0.39 is 4.92 Å². The van der Waals surface area contributed by atoms with Gasteiger partial charge in [-0.05, 0) is 18.1 Å². The molecule has 0 saturated heterocycles. The second kappa shape index (κ2) is 5.36. The van der Waals surface area contributed by atoms with Crippen molar-refractivity contribution in [2.75, 3.05) is 5.88 Å². The van der Waals surface area contributed by atoms with Crippen LogP contribution in [-0.2, 0) is 0 Å². The zero-order valence-electron chi connectivity index (χ0n) is 7.89. The zero-order chi connectivity index (χ0) is 11.3. The molecule has 0 saturated carbocycles. The highest BCUT2D eigenvalue weighted by molar-refractivity contribution is 6.17. The van der Waals surface area contributed by atoms with Gasteiger partial charge in [-0.2, -0.15) is 0 Å². The van der Waals surface area contributed by atoms with Gasteiger partial charge in [-0.3, -0.25) is 10.1 Å². The molecule has 0 radical (unpaired) electrons. The first kappa shape index (κ1) is 11.5. The number of alkyl halides is 1. The minimum atomic E-state index is -0.617. The summed E-state index contributed by atoms with van der Waals surface area (Å²) in [6, 6.07) is 4.23. The molecule has 0 spiro atoms. The maximum Gasteiger partial charge on any atom is 0.311 e. The maximum absolute atomic E-state index is 10.5. The van der Waals surface area contributed by atoms with Crippen LogP contribution in [0.15, 0.2) is 24.3 Å². The fraction of sp³-hybridized carbons (Fsp3) is 0.200. The maximum atomic E-state index is 10.5. The standard InChI is InChI=1S/C10H10ClNO3/c11-6-2-1-3-8-4-5-10(13)9(7-8)12(14)15/h1,3-5,7,13H,2,6H2. The summed E-state index contributed by atoms with van der Waals surface area (Å²) >= 11 is 5.48. The Morgan fingerprint density at radius 1 is 1.53 bits per heavy atom. The van der Waals surface area contributed by atoms with Crippen molar-refractivity contribution >= 4 is 23.4 Å². The molecule has 4 nitrogen and oxygen atoms in total. The van der Waals surface area contributed by atoms with Crippen LogP contribution >= 0.6 is 11.6 Å². The molecule has 1 N–H and O–H groups in total. The topological polar surface area (TPSA) is 63.4 Å². The molecule has 1 rings (SSSR count). The van der Waals surface area contributed by atoms with Crippen molar-refractivity contribution in [3.63, 3.8) is 0 Å².